The molecule has 206 valence electrons. The molecule has 0 bridgehead atoms. The van der Waals surface area contributed by atoms with Gasteiger partial charge in [0.05, 0.1) is 29.1 Å². The number of halogens is 3. The Kier molecular flexibility index (Phi) is 5.68. The van der Waals surface area contributed by atoms with Gasteiger partial charge < -0.3 is 31.9 Å². The summed E-state index contributed by atoms with van der Waals surface area (Å²) in [7, 11) is -4.72. The van der Waals surface area contributed by atoms with Crippen LogP contribution >= 0.6 is 0 Å². The number of carbonyl (C=O) groups is 2. The SMILES string of the molecule is NC1=N[C@H]2[C@H](CN3C(=O)CCC3=O)N=C(N)N3C[C@H](NS(=O)(=O)c4cccc(C(F)(F)F)c4)C(O)(O)[C@]23N1. The van der Waals surface area contributed by atoms with Crippen LogP contribution in [0.2, 0.25) is 0 Å². The Hall–Kier alpha value is -3.48. The van der Waals surface area contributed by atoms with Gasteiger partial charge in [-0.1, -0.05) is 6.07 Å². The second-order valence-electron chi connectivity index (χ2n) is 9.34. The van der Waals surface area contributed by atoms with Crippen LogP contribution in [-0.2, 0) is 25.8 Å². The highest BCUT2D eigenvalue weighted by Crippen LogP contribution is 2.45. The van der Waals surface area contributed by atoms with Crippen molar-refractivity contribution in [2.75, 3.05) is 13.1 Å². The average Bonchev–Trinajstić information content (AvgIpc) is 3.41. The van der Waals surface area contributed by atoms with Gasteiger partial charge in [0, 0.05) is 19.4 Å². The number of hydrogen-bond acceptors (Lipinski definition) is 12. The third-order valence-corrected chi connectivity index (χ3v) is 8.56. The van der Waals surface area contributed by atoms with E-state index >= 15 is 0 Å². The van der Waals surface area contributed by atoms with Crippen molar-refractivity contribution < 1.29 is 41.4 Å². The minimum Gasteiger partial charge on any atom is -0.370 e. The van der Waals surface area contributed by atoms with Crippen molar-refractivity contribution in [2.24, 2.45) is 21.5 Å². The summed E-state index contributed by atoms with van der Waals surface area (Å²) >= 11 is 0. The van der Waals surface area contributed by atoms with Gasteiger partial charge in [-0.15, -0.1) is 0 Å². The number of nitrogens with one attached hydrogen (secondary N) is 2. The van der Waals surface area contributed by atoms with Crippen LogP contribution in [0.1, 0.15) is 18.4 Å². The molecule has 0 aromatic heterocycles. The number of likely N-dealkylation sites (tertiary alicyclic amines) is 1. The molecule has 4 heterocycles. The van der Waals surface area contributed by atoms with Crippen molar-refractivity contribution >= 4 is 33.8 Å². The van der Waals surface area contributed by atoms with E-state index < -0.39 is 74.6 Å². The Morgan fingerprint density at radius 2 is 1.82 bits per heavy atom. The van der Waals surface area contributed by atoms with E-state index in [-0.39, 0.29) is 31.3 Å². The molecule has 18 heteroatoms. The van der Waals surface area contributed by atoms with E-state index in [0.29, 0.717) is 12.1 Å². The van der Waals surface area contributed by atoms with E-state index in [2.05, 4.69) is 15.3 Å². The van der Waals surface area contributed by atoms with Crippen molar-refractivity contribution in [3.8, 4) is 0 Å². The van der Waals surface area contributed by atoms with E-state index in [4.69, 9.17) is 11.5 Å². The molecule has 0 unspecified atom stereocenters. The number of aliphatic hydroxyl groups is 2. The molecule has 0 radical (unpaired) electrons. The Morgan fingerprint density at radius 1 is 1.16 bits per heavy atom. The number of nitrogens with two attached hydrogens (primary N) is 2. The number of amides is 2. The van der Waals surface area contributed by atoms with Crippen LogP contribution in [0.5, 0.6) is 0 Å². The van der Waals surface area contributed by atoms with E-state index in [1.54, 1.807) is 0 Å². The molecule has 1 aromatic carbocycles. The molecule has 4 aliphatic rings. The molecule has 4 aliphatic heterocycles. The summed E-state index contributed by atoms with van der Waals surface area (Å²) in [5, 5.41) is 25.4. The third-order valence-electron chi connectivity index (χ3n) is 7.10. The molecule has 8 N–H and O–H groups in total. The van der Waals surface area contributed by atoms with Crippen molar-refractivity contribution in [2.45, 2.75) is 53.5 Å². The van der Waals surface area contributed by atoms with Gasteiger partial charge >= 0.3 is 6.18 Å². The van der Waals surface area contributed by atoms with Gasteiger partial charge in [-0.3, -0.25) is 14.5 Å². The Bertz CT molecular complexity index is 1370. The molecule has 14 nitrogen and oxygen atoms in total. The van der Waals surface area contributed by atoms with Gasteiger partial charge in [-0.25, -0.2) is 23.1 Å². The number of alkyl halides is 3. The number of hydrogen-bond donors (Lipinski definition) is 6. The molecule has 0 saturated carbocycles. The van der Waals surface area contributed by atoms with Crippen LogP contribution in [-0.4, -0.2) is 94.8 Å². The van der Waals surface area contributed by atoms with Crippen molar-refractivity contribution in [3.05, 3.63) is 29.8 Å². The highest BCUT2D eigenvalue weighted by molar-refractivity contribution is 7.89. The minimum absolute atomic E-state index is 0.000326. The topological polar surface area (TPSA) is 216 Å². The van der Waals surface area contributed by atoms with E-state index in [0.717, 1.165) is 21.9 Å². The van der Waals surface area contributed by atoms with Crippen molar-refractivity contribution in [1.29, 1.82) is 0 Å². The molecular formula is C20H23F3N8O6S. The summed E-state index contributed by atoms with van der Waals surface area (Å²) in [6.07, 6.45) is -4.82. The Morgan fingerprint density at radius 3 is 2.45 bits per heavy atom. The lowest BCUT2D eigenvalue weighted by molar-refractivity contribution is -0.229. The number of nitrogens with zero attached hydrogens (tertiary/aromatic N) is 4. The lowest BCUT2D eigenvalue weighted by Crippen LogP contribution is -2.78. The van der Waals surface area contributed by atoms with Crippen LogP contribution in [0, 0.1) is 0 Å². The summed E-state index contributed by atoms with van der Waals surface area (Å²) in [6.45, 7) is -0.797. The normalized spacial score (nSPS) is 30.6. The van der Waals surface area contributed by atoms with E-state index in [1.807, 2.05) is 4.72 Å². The molecule has 2 fully saturated rings. The third kappa shape index (κ3) is 3.77. The second kappa shape index (κ2) is 8.26. The van der Waals surface area contributed by atoms with Crippen molar-refractivity contribution in [1.82, 2.24) is 19.8 Å². The highest BCUT2D eigenvalue weighted by Gasteiger charge is 2.73. The van der Waals surface area contributed by atoms with Crippen LogP contribution in [0.15, 0.2) is 39.1 Å². The Labute approximate surface area is 213 Å². The number of rotatable bonds is 5. The summed E-state index contributed by atoms with van der Waals surface area (Å²) < 4.78 is 67.5. The molecule has 2 amide bonds. The maximum absolute atomic E-state index is 13.1. The van der Waals surface area contributed by atoms with E-state index in [9.17, 15) is 41.4 Å². The summed E-state index contributed by atoms with van der Waals surface area (Å²) in [5.74, 6) is -4.51. The first kappa shape index (κ1) is 26.1. The summed E-state index contributed by atoms with van der Waals surface area (Å²) in [6, 6.07) is -1.18. The zero-order valence-corrected chi connectivity index (χ0v) is 20.2. The van der Waals surface area contributed by atoms with Crippen LogP contribution in [0.3, 0.4) is 0 Å². The van der Waals surface area contributed by atoms with E-state index in [1.165, 1.54) is 0 Å². The molecule has 4 atom stereocenters. The van der Waals surface area contributed by atoms with Crippen LogP contribution in [0.4, 0.5) is 13.2 Å². The molecule has 5 rings (SSSR count). The first-order valence-electron chi connectivity index (χ1n) is 11.3. The second-order valence-corrected chi connectivity index (χ2v) is 11.1. The molecule has 1 aromatic rings. The summed E-state index contributed by atoms with van der Waals surface area (Å²) in [4.78, 5) is 34.1. The first-order valence-corrected chi connectivity index (χ1v) is 12.8. The zero-order valence-electron chi connectivity index (χ0n) is 19.4. The van der Waals surface area contributed by atoms with Gasteiger partial charge in [0.25, 0.3) is 0 Å². The largest absolute Gasteiger partial charge is 0.416 e. The number of aliphatic imine (C=N–C) groups is 2. The fourth-order valence-electron chi connectivity index (χ4n) is 5.32. The predicted octanol–water partition coefficient (Wildman–Crippen LogP) is -2.82. The van der Waals surface area contributed by atoms with Gasteiger partial charge in [0.1, 0.15) is 6.04 Å². The standard InChI is InChI=1S/C20H23F3N8O6S/c21-20(22,23)9-2-1-3-10(6-9)38(36,37)29-12-8-31-17(25)26-11(7-30-13(32)4-5-14(30)33)15-18(31,19(12,34)35)28-16(24)27-15/h1-3,6,11-12,15,29,34-35H,4-5,7-8H2,(H2,25,26)(H3,24,27,28)/t11-,12-,15-,18-/m0/s1. The molecule has 2 saturated heterocycles. The minimum atomic E-state index is -4.82. The van der Waals surface area contributed by atoms with Gasteiger partial charge in [0.15, 0.2) is 17.6 Å². The number of carbonyl (C=O) groups excluding carboxylic acids is 2. The molecule has 38 heavy (non-hydrogen) atoms. The van der Waals surface area contributed by atoms with Gasteiger partial charge in [0.2, 0.25) is 27.6 Å². The number of sulfonamides is 1. The lowest BCUT2D eigenvalue weighted by atomic mass is 9.85. The maximum atomic E-state index is 13.1. The Balaban J connectivity index is 1.48. The zero-order chi connectivity index (χ0) is 27.8. The average molecular weight is 561 g/mol. The predicted molar refractivity (Wildman–Crippen MR) is 122 cm³/mol. The smallest absolute Gasteiger partial charge is 0.370 e. The molecular weight excluding hydrogens is 537 g/mol. The quantitative estimate of drug-likeness (QED) is 0.160. The van der Waals surface area contributed by atoms with Gasteiger partial charge in [-0.2, -0.15) is 13.2 Å². The van der Waals surface area contributed by atoms with Crippen LogP contribution < -0.4 is 21.5 Å². The van der Waals surface area contributed by atoms with Gasteiger partial charge in [-0.05, 0) is 18.2 Å². The maximum Gasteiger partial charge on any atom is 0.416 e. The fourth-order valence-corrected chi connectivity index (χ4v) is 6.61. The monoisotopic (exact) mass is 560 g/mol. The molecule has 0 aliphatic carbocycles. The van der Waals surface area contributed by atoms with Crippen molar-refractivity contribution in [3.63, 3.8) is 0 Å². The first-order chi connectivity index (χ1) is 17.6. The fraction of sp³-hybridized carbons (Fsp3) is 0.500. The van der Waals surface area contributed by atoms with Crippen LogP contribution in [0.25, 0.3) is 0 Å². The highest BCUT2D eigenvalue weighted by atomic mass is 32.2. The molecule has 1 spiro atoms. The summed E-state index contributed by atoms with van der Waals surface area (Å²) in [5.41, 5.74) is 8.67. The number of imide groups is 1. The lowest BCUT2D eigenvalue weighted by Gasteiger charge is -2.49. The number of guanidine groups is 2. The number of benzene rings is 1.